The van der Waals surface area contributed by atoms with Crippen LogP contribution in [0.1, 0.15) is 20.3 Å². The van der Waals surface area contributed by atoms with Crippen LogP contribution in [0.4, 0.5) is 10.8 Å². The standard InChI is InChI=1S/C10H19N3O2S/c1-10(2,4-5-14)6-12-9-7(15-3)8(11)13-16-9/h12,14H,4-6H2,1-3H3,(H2,11,13). The first-order valence-electron chi connectivity index (χ1n) is 5.14. The van der Waals surface area contributed by atoms with Crippen LogP contribution in [0.3, 0.4) is 0 Å². The summed E-state index contributed by atoms with van der Waals surface area (Å²) in [5, 5.41) is 13.0. The van der Waals surface area contributed by atoms with Gasteiger partial charge >= 0.3 is 0 Å². The average molecular weight is 245 g/mol. The van der Waals surface area contributed by atoms with Crippen molar-refractivity contribution in [2.45, 2.75) is 20.3 Å². The quantitative estimate of drug-likeness (QED) is 0.708. The monoisotopic (exact) mass is 245 g/mol. The third-order valence-electron chi connectivity index (χ3n) is 2.39. The lowest BCUT2D eigenvalue weighted by molar-refractivity contribution is 0.220. The number of hydrogen-bond donors (Lipinski definition) is 3. The second kappa shape index (κ2) is 5.36. The second-order valence-corrected chi connectivity index (χ2v) is 5.19. The van der Waals surface area contributed by atoms with Crippen molar-refractivity contribution < 1.29 is 9.84 Å². The van der Waals surface area contributed by atoms with Gasteiger partial charge in [-0.05, 0) is 23.4 Å². The molecule has 0 spiro atoms. The van der Waals surface area contributed by atoms with Gasteiger partial charge in [-0.2, -0.15) is 4.37 Å². The lowest BCUT2D eigenvalue weighted by Crippen LogP contribution is -2.24. The number of nitrogen functional groups attached to an aromatic ring is 1. The molecular formula is C10H19N3O2S. The number of rotatable bonds is 6. The number of hydrogen-bond acceptors (Lipinski definition) is 6. The molecule has 0 radical (unpaired) electrons. The fourth-order valence-corrected chi connectivity index (χ4v) is 1.99. The van der Waals surface area contributed by atoms with Crippen molar-refractivity contribution in [1.29, 1.82) is 0 Å². The van der Waals surface area contributed by atoms with Gasteiger partial charge in [0.25, 0.3) is 0 Å². The Morgan fingerprint density at radius 2 is 2.25 bits per heavy atom. The Morgan fingerprint density at radius 1 is 1.56 bits per heavy atom. The Hall–Kier alpha value is -1.01. The number of ether oxygens (including phenoxy) is 1. The summed E-state index contributed by atoms with van der Waals surface area (Å²) in [7, 11) is 1.57. The Labute approximate surface area is 99.8 Å². The first kappa shape index (κ1) is 13.1. The summed E-state index contributed by atoms with van der Waals surface area (Å²) in [5.41, 5.74) is 5.67. The maximum absolute atomic E-state index is 8.92. The lowest BCUT2D eigenvalue weighted by atomic mass is 9.90. The molecule has 6 heteroatoms. The molecule has 92 valence electrons. The maximum atomic E-state index is 8.92. The number of nitrogens with two attached hydrogens (primary N) is 1. The van der Waals surface area contributed by atoms with Gasteiger partial charge in [0.2, 0.25) is 0 Å². The summed E-state index contributed by atoms with van der Waals surface area (Å²) >= 11 is 1.29. The van der Waals surface area contributed by atoms with E-state index in [-0.39, 0.29) is 12.0 Å². The summed E-state index contributed by atoms with van der Waals surface area (Å²) < 4.78 is 9.17. The molecule has 0 aliphatic heterocycles. The Kier molecular flexibility index (Phi) is 4.37. The highest BCUT2D eigenvalue weighted by Gasteiger charge is 2.19. The topological polar surface area (TPSA) is 80.4 Å². The fraction of sp³-hybridized carbons (Fsp3) is 0.700. The van der Waals surface area contributed by atoms with Gasteiger partial charge in [-0.3, -0.25) is 0 Å². The summed E-state index contributed by atoms with van der Waals surface area (Å²) in [4.78, 5) is 0. The highest BCUT2D eigenvalue weighted by molar-refractivity contribution is 7.11. The third kappa shape index (κ3) is 3.24. The largest absolute Gasteiger partial charge is 0.490 e. The van der Waals surface area contributed by atoms with E-state index in [1.165, 1.54) is 11.5 Å². The molecule has 0 atom stereocenters. The van der Waals surface area contributed by atoms with Gasteiger partial charge in [-0.1, -0.05) is 13.8 Å². The van der Waals surface area contributed by atoms with Crippen LogP contribution < -0.4 is 15.8 Å². The van der Waals surface area contributed by atoms with E-state index in [0.717, 1.165) is 18.0 Å². The van der Waals surface area contributed by atoms with Crippen molar-refractivity contribution >= 4 is 22.4 Å². The van der Waals surface area contributed by atoms with E-state index in [1.807, 2.05) is 0 Å². The van der Waals surface area contributed by atoms with Crippen molar-refractivity contribution in [1.82, 2.24) is 4.37 Å². The molecule has 1 rings (SSSR count). The summed E-state index contributed by atoms with van der Waals surface area (Å²) in [5.74, 6) is 1.01. The van der Waals surface area contributed by atoms with Crippen LogP contribution >= 0.6 is 11.5 Å². The number of anilines is 2. The minimum atomic E-state index is 0.0263. The number of aromatic nitrogens is 1. The smallest absolute Gasteiger partial charge is 0.197 e. The van der Waals surface area contributed by atoms with Crippen LogP contribution in [0.25, 0.3) is 0 Å². The molecule has 0 saturated heterocycles. The van der Waals surface area contributed by atoms with Crippen molar-refractivity contribution in [2.24, 2.45) is 5.41 Å². The Bertz CT molecular complexity index is 339. The number of aliphatic hydroxyl groups is 1. The first-order chi connectivity index (χ1) is 7.50. The van der Waals surface area contributed by atoms with Crippen LogP contribution in [0.2, 0.25) is 0 Å². The molecule has 4 N–H and O–H groups in total. The van der Waals surface area contributed by atoms with E-state index in [2.05, 4.69) is 23.5 Å². The maximum Gasteiger partial charge on any atom is 0.197 e. The molecule has 16 heavy (non-hydrogen) atoms. The average Bonchev–Trinajstić information content (AvgIpc) is 2.56. The molecule has 1 aromatic heterocycles. The normalized spacial score (nSPS) is 11.5. The van der Waals surface area contributed by atoms with E-state index in [4.69, 9.17) is 15.6 Å². The summed E-state index contributed by atoms with van der Waals surface area (Å²) in [6.45, 7) is 5.11. The molecule has 0 aliphatic rings. The van der Waals surface area contributed by atoms with Gasteiger partial charge in [-0.25, -0.2) is 0 Å². The predicted octanol–water partition coefficient (Wildman–Crippen LogP) is 1.55. The molecule has 0 unspecified atom stereocenters. The van der Waals surface area contributed by atoms with Gasteiger partial charge in [0, 0.05) is 13.2 Å². The van der Waals surface area contributed by atoms with Gasteiger partial charge in [-0.15, -0.1) is 0 Å². The number of nitrogens with zero attached hydrogens (tertiary/aromatic N) is 1. The van der Waals surface area contributed by atoms with Crippen molar-refractivity contribution in [3.63, 3.8) is 0 Å². The van der Waals surface area contributed by atoms with Crippen molar-refractivity contribution in [3.8, 4) is 5.75 Å². The van der Waals surface area contributed by atoms with E-state index in [0.29, 0.717) is 11.6 Å². The van der Waals surface area contributed by atoms with Gasteiger partial charge in [0.05, 0.1) is 7.11 Å². The molecule has 1 heterocycles. The number of methoxy groups -OCH3 is 1. The fourth-order valence-electron chi connectivity index (χ4n) is 1.31. The molecule has 0 amide bonds. The SMILES string of the molecule is COc1c(N)nsc1NCC(C)(C)CCO. The molecule has 0 bridgehead atoms. The van der Waals surface area contributed by atoms with Crippen LogP contribution in [-0.4, -0.2) is 29.7 Å². The zero-order valence-corrected chi connectivity index (χ0v) is 10.7. The van der Waals surface area contributed by atoms with Crippen molar-refractivity contribution in [2.75, 3.05) is 31.3 Å². The molecular weight excluding hydrogens is 226 g/mol. The number of aliphatic hydroxyl groups excluding tert-OH is 1. The lowest BCUT2D eigenvalue weighted by Gasteiger charge is -2.24. The minimum absolute atomic E-state index is 0.0263. The highest BCUT2D eigenvalue weighted by atomic mass is 32.1. The van der Waals surface area contributed by atoms with Crippen LogP contribution in [0, 0.1) is 5.41 Å². The molecule has 0 saturated carbocycles. The molecule has 5 nitrogen and oxygen atoms in total. The van der Waals surface area contributed by atoms with E-state index < -0.39 is 0 Å². The van der Waals surface area contributed by atoms with E-state index >= 15 is 0 Å². The minimum Gasteiger partial charge on any atom is -0.490 e. The summed E-state index contributed by atoms with van der Waals surface area (Å²) in [6, 6.07) is 0. The van der Waals surface area contributed by atoms with Gasteiger partial charge in [0.1, 0.15) is 0 Å². The van der Waals surface area contributed by atoms with Crippen LogP contribution in [0.15, 0.2) is 0 Å². The third-order valence-corrected chi connectivity index (χ3v) is 3.19. The van der Waals surface area contributed by atoms with Crippen LogP contribution in [-0.2, 0) is 0 Å². The van der Waals surface area contributed by atoms with Gasteiger partial charge < -0.3 is 20.9 Å². The van der Waals surface area contributed by atoms with Crippen molar-refractivity contribution in [3.05, 3.63) is 0 Å². The molecule has 0 aliphatic carbocycles. The Balaban J connectivity index is 2.60. The first-order valence-corrected chi connectivity index (χ1v) is 5.91. The van der Waals surface area contributed by atoms with Crippen LogP contribution in [0.5, 0.6) is 5.75 Å². The Morgan fingerprint density at radius 3 is 2.81 bits per heavy atom. The molecule has 0 aromatic carbocycles. The van der Waals surface area contributed by atoms with E-state index in [1.54, 1.807) is 7.11 Å². The predicted molar refractivity (Wildman–Crippen MR) is 67.1 cm³/mol. The van der Waals surface area contributed by atoms with E-state index in [9.17, 15) is 0 Å². The summed E-state index contributed by atoms with van der Waals surface area (Å²) in [6.07, 6.45) is 0.747. The highest BCUT2D eigenvalue weighted by Crippen LogP contribution is 2.35. The zero-order chi connectivity index (χ0) is 12.2. The zero-order valence-electron chi connectivity index (χ0n) is 9.91. The molecule has 1 aromatic rings. The number of nitrogens with one attached hydrogen (secondary N) is 1. The second-order valence-electron chi connectivity index (χ2n) is 4.42. The molecule has 0 fully saturated rings. The van der Waals surface area contributed by atoms with Gasteiger partial charge in [0.15, 0.2) is 16.6 Å².